The lowest BCUT2D eigenvalue weighted by atomic mass is 10.0. The van der Waals surface area contributed by atoms with Crippen molar-refractivity contribution in [2.75, 3.05) is 11.2 Å². The summed E-state index contributed by atoms with van der Waals surface area (Å²) >= 11 is 5.85. The van der Waals surface area contributed by atoms with Crippen molar-refractivity contribution in [3.8, 4) is 0 Å². The lowest BCUT2D eigenvalue weighted by molar-refractivity contribution is 0.510. The van der Waals surface area contributed by atoms with E-state index in [9.17, 15) is 0 Å². The summed E-state index contributed by atoms with van der Waals surface area (Å²) in [7, 11) is 0. The van der Waals surface area contributed by atoms with Gasteiger partial charge in [0.1, 0.15) is 12.1 Å². The molecule has 6 heteroatoms. The van der Waals surface area contributed by atoms with E-state index in [-0.39, 0.29) is 0 Å². The number of halogens is 1. The Balaban J connectivity index is 2.32. The minimum atomic E-state index is 0.316. The van der Waals surface area contributed by atoms with Gasteiger partial charge in [0, 0.05) is 23.7 Å². The van der Waals surface area contributed by atoms with Crippen LogP contribution >= 0.6 is 11.6 Å². The summed E-state index contributed by atoms with van der Waals surface area (Å²) in [5.41, 5.74) is 0.923. The molecule has 0 aromatic carbocycles. The summed E-state index contributed by atoms with van der Waals surface area (Å²) in [5.74, 6) is 2.67. The molecule has 2 heterocycles. The summed E-state index contributed by atoms with van der Waals surface area (Å²) in [6, 6.07) is 2.29. The molecule has 2 aromatic rings. The van der Waals surface area contributed by atoms with Crippen molar-refractivity contribution in [2.45, 2.75) is 33.2 Å². The van der Waals surface area contributed by atoms with Crippen molar-refractivity contribution >= 4 is 23.2 Å². The lowest BCUT2D eigenvalue weighted by Gasteiger charge is -2.22. The summed E-state index contributed by atoms with van der Waals surface area (Å²) in [5, 5.41) is 7.67. The smallest absolute Gasteiger partial charge is 0.254 e. The standard InChI is InChI=1S/C12H18ClN5/c1-8(2)10(4-5-13)17-11-6-9(3)16-12-14-7-15-18(11)12/h6-8,10,17H,4-5H2,1-3H3. The molecule has 2 aromatic heterocycles. The van der Waals surface area contributed by atoms with Crippen LogP contribution in [0.25, 0.3) is 5.78 Å². The van der Waals surface area contributed by atoms with Crippen LogP contribution < -0.4 is 5.32 Å². The molecule has 1 N–H and O–H groups in total. The molecule has 0 aliphatic rings. The fourth-order valence-electron chi connectivity index (χ4n) is 1.91. The second-order valence-electron chi connectivity index (χ2n) is 4.73. The molecule has 0 bridgehead atoms. The molecule has 1 unspecified atom stereocenters. The van der Waals surface area contributed by atoms with E-state index in [2.05, 4.69) is 34.2 Å². The summed E-state index contributed by atoms with van der Waals surface area (Å²) in [6.45, 7) is 6.30. The number of hydrogen-bond acceptors (Lipinski definition) is 4. The van der Waals surface area contributed by atoms with Gasteiger partial charge in [-0.2, -0.15) is 14.6 Å². The molecule has 98 valence electrons. The Bertz CT molecular complexity index is 522. The number of alkyl halides is 1. The lowest BCUT2D eigenvalue weighted by Crippen LogP contribution is -2.27. The predicted molar refractivity (Wildman–Crippen MR) is 73.1 cm³/mol. The van der Waals surface area contributed by atoms with Gasteiger partial charge in [-0.3, -0.25) is 0 Å². The molecule has 0 saturated carbocycles. The zero-order valence-electron chi connectivity index (χ0n) is 10.9. The highest BCUT2D eigenvalue weighted by Crippen LogP contribution is 2.16. The van der Waals surface area contributed by atoms with Gasteiger partial charge < -0.3 is 5.32 Å². The third-order valence-corrected chi connectivity index (χ3v) is 3.16. The van der Waals surface area contributed by atoms with E-state index >= 15 is 0 Å². The maximum absolute atomic E-state index is 5.85. The van der Waals surface area contributed by atoms with Gasteiger partial charge in [0.15, 0.2) is 0 Å². The van der Waals surface area contributed by atoms with Gasteiger partial charge in [0.05, 0.1) is 0 Å². The van der Waals surface area contributed by atoms with E-state index in [0.29, 0.717) is 23.6 Å². The second kappa shape index (κ2) is 5.52. The van der Waals surface area contributed by atoms with E-state index in [1.54, 1.807) is 4.52 Å². The van der Waals surface area contributed by atoms with Crippen LogP contribution in [0.2, 0.25) is 0 Å². The van der Waals surface area contributed by atoms with Gasteiger partial charge in [0.2, 0.25) is 0 Å². The third-order valence-electron chi connectivity index (χ3n) is 2.94. The van der Waals surface area contributed by atoms with Gasteiger partial charge in [-0.05, 0) is 19.3 Å². The van der Waals surface area contributed by atoms with Crippen molar-refractivity contribution < 1.29 is 0 Å². The number of fused-ring (bicyclic) bond motifs is 1. The molecule has 18 heavy (non-hydrogen) atoms. The maximum Gasteiger partial charge on any atom is 0.254 e. The van der Waals surface area contributed by atoms with Gasteiger partial charge in [-0.25, -0.2) is 4.98 Å². The van der Waals surface area contributed by atoms with Gasteiger partial charge >= 0.3 is 0 Å². The molecule has 0 fully saturated rings. The average molecular weight is 268 g/mol. The number of nitrogens with one attached hydrogen (secondary N) is 1. The van der Waals surface area contributed by atoms with Crippen LogP contribution in [0.5, 0.6) is 0 Å². The molecule has 0 spiro atoms. The van der Waals surface area contributed by atoms with E-state index in [1.165, 1.54) is 6.33 Å². The topological polar surface area (TPSA) is 55.1 Å². The fraction of sp³-hybridized carbons (Fsp3) is 0.583. The van der Waals surface area contributed by atoms with Gasteiger partial charge in [-0.1, -0.05) is 13.8 Å². The maximum atomic E-state index is 5.85. The Hall–Kier alpha value is -1.36. The first-order valence-electron chi connectivity index (χ1n) is 6.11. The van der Waals surface area contributed by atoms with Crippen LogP contribution in [0, 0.1) is 12.8 Å². The van der Waals surface area contributed by atoms with E-state index in [0.717, 1.165) is 17.9 Å². The van der Waals surface area contributed by atoms with Crippen LogP contribution in [0.4, 0.5) is 5.82 Å². The van der Waals surface area contributed by atoms with Crippen LogP contribution in [0.3, 0.4) is 0 Å². The molecule has 0 aliphatic carbocycles. The number of aromatic nitrogens is 4. The highest BCUT2D eigenvalue weighted by molar-refractivity contribution is 6.17. The molecular formula is C12H18ClN5. The normalized spacial score (nSPS) is 13.2. The Labute approximate surface area is 112 Å². The van der Waals surface area contributed by atoms with Crippen molar-refractivity contribution in [2.24, 2.45) is 5.92 Å². The first-order chi connectivity index (χ1) is 8.61. The minimum Gasteiger partial charge on any atom is -0.367 e. The summed E-state index contributed by atoms with van der Waals surface area (Å²) in [4.78, 5) is 8.43. The highest BCUT2D eigenvalue weighted by atomic mass is 35.5. The van der Waals surface area contributed by atoms with Crippen molar-refractivity contribution in [3.05, 3.63) is 18.1 Å². The number of anilines is 1. The van der Waals surface area contributed by atoms with Crippen LogP contribution in [-0.4, -0.2) is 31.5 Å². The molecule has 1 atom stereocenters. The number of aryl methyl sites for hydroxylation is 1. The largest absolute Gasteiger partial charge is 0.367 e. The molecule has 0 amide bonds. The quantitative estimate of drug-likeness (QED) is 0.846. The first kappa shape index (κ1) is 13.1. The summed E-state index contributed by atoms with van der Waals surface area (Å²) < 4.78 is 1.72. The van der Waals surface area contributed by atoms with E-state index in [4.69, 9.17) is 11.6 Å². The van der Waals surface area contributed by atoms with E-state index in [1.807, 2.05) is 13.0 Å². The van der Waals surface area contributed by atoms with Crippen molar-refractivity contribution in [1.29, 1.82) is 0 Å². The minimum absolute atomic E-state index is 0.316. The fourth-order valence-corrected chi connectivity index (χ4v) is 2.15. The molecule has 2 rings (SSSR count). The summed E-state index contributed by atoms with van der Waals surface area (Å²) in [6.07, 6.45) is 2.43. The number of rotatable bonds is 5. The molecule has 0 saturated heterocycles. The monoisotopic (exact) mass is 267 g/mol. The molecule has 0 aliphatic heterocycles. The van der Waals surface area contributed by atoms with E-state index < -0.39 is 0 Å². The Kier molecular flexibility index (Phi) is 4.01. The average Bonchev–Trinajstić information content (AvgIpc) is 2.76. The molecular weight excluding hydrogens is 250 g/mol. The van der Waals surface area contributed by atoms with Crippen molar-refractivity contribution in [1.82, 2.24) is 19.6 Å². The molecule has 0 radical (unpaired) electrons. The SMILES string of the molecule is Cc1cc(NC(CCCl)C(C)C)n2ncnc2n1. The van der Waals surface area contributed by atoms with Crippen LogP contribution in [0.1, 0.15) is 26.0 Å². The van der Waals surface area contributed by atoms with Gasteiger partial charge in [0.25, 0.3) is 5.78 Å². The third kappa shape index (κ3) is 2.72. The van der Waals surface area contributed by atoms with Crippen molar-refractivity contribution in [3.63, 3.8) is 0 Å². The zero-order chi connectivity index (χ0) is 13.1. The number of nitrogens with zero attached hydrogens (tertiary/aromatic N) is 4. The Morgan fingerprint density at radius 2 is 2.22 bits per heavy atom. The second-order valence-corrected chi connectivity index (χ2v) is 5.11. The Morgan fingerprint density at radius 1 is 1.44 bits per heavy atom. The predicted octanol–water partition coefficient (Wildman–Crippen LogP) is 2.50. The van der Waals surface area contributed by atoms with Crippen LogP contribution in [-0.2, 0) is 0 Å². The first-order valence-corrected chi connectivity index (χ1v) is 6.65. The van der Waals surface area contributed by atoms with Gasteiger partial charge in [-0.15, -0.1) is 11.6 Å². The Morgan fingerprint density at radius 3 is 2.89 bits per heavy atom. The zero-order valence-corrected chi connectivity index (χ0v) is 11.6. The number of hydrogen-bond donors (Lipinski definition) is 1. The highest BCUT2D eigenvalue weighted by Gasteiger charge is 2.15. The molecule has 5 nitrogen and oxygen atoms in total. The van der Waals surface area contributed by atoms with Crippen LogP contribution in [0.15, 0.2) is 12.4 Å².